The summed E-state index contributed by atoms with van der Waals surface area (Å²) in [6.07, 6.45) is 5.17. The number of aromatic nitrogens is 3. The lowest BCUT2D eigenvalue weighted by molar-refractivity contribution is -0.121. The summed E-state index contributed by atoms with van der Waals surface area (Å²) < 4.78 is 10.6. The van der Waals surface area contributed by atoms with Gasteiger partial charge in [0, 0.05) is 37.2 Å². The van der Waals surface area contributed by atoms with Gasteiger partial charge in [-0.2, -0.15) is 0 Å². The summed E-state index contributed by atoms with van der Waals surface area (Å²) >= 11 is 1.51. The molecule has 1 aromatic carbocycles. The van der Waals surface area contributed by atoms with Gasteiger partial charge in [-0.15, -0.1) is 11.3 Å². The Morgan fingerprint density at radius 3 is 2.89 bits per heavy atom. The predicted molar refractivity (Wildman–Crippen MR) is 101 cm³/mol. The van der Waals surface area contributed by atoms with E-state index in [0.29, 0.717) is 31.6 Å². The SMILES string of the molecule is O=C(CCc1ccc2c(c1)OCO2)NCCc1csc(-c2ncccn2)n1. The average molecular weight is 382 g/mol. The highest BCUT2D eigenvalue weighted by Crippen LogP contribution is 2.32. The van der Waals surface area contributed by atoms with Crippen molar-refractivity contribution in [2.24, 2.45) is 0 Å². The summed E-state index contributed by atoms with van der Waals surface area (Å²) in [5.74, 6) is 2.15. The van der Waals surface area contributed by atoms with E-state index in [1.807, 2.05) is 23.6 Å². The molecule has 0 saturated heterocycles. The van der Waals surface area contributed by atoms with Crippen molar-refractivity contribution in [3.05, 3.63) is 53.3 Å². The number of benzene rings is 1. The molecule has 0 atom stereocenters. The third kappa shape index (κ3) is 4.40. The maximum atomic E-state index is 12.1. The van der Waals surface area contributed by atoms with Crippen LogP contribution in [0.15, 0.2) is 42.0 Å². The van der Waals surface area contributed by atoms with Gasteiger partial charge in [0.1, 0.15) is 0 Å². The van der Waals surface area contributed by atoms with Crippen molar-refractivity contribution in [2.45, 2.75) is 19.3 Å². The molecule has 0 unspecified atom stereocenters. The standard InChI is InChI=1S/C19H18N4O3S/c24-17(5-3-13-2-4-15-16(10-13)26-12-25-15)20-9-6-14-11-27-19(23-14)18-21-7-1-8-22-18/h1-2,4,7-8,10-11H,3,5-6,9,12H2,(H,20,24). The van der Waals surface area contributed by atoms with Crippen molar-refractivity contribution >= 4 is 17.2 Å². The molecule has 7 nitrogen and oxygen atoms in total. The highest BCUT2D eigenvalue weighted by Gasteiger charge is 2.13. The van der Waals surface area contributed by atoms with Gasteiger partial charge in [-0.3, -0.25) is 4.79 Å². The van der Waals surface area contributed by atoms with Gasteiger partial charge in [0.15, 0.2) is 22.3 Å². The Labute approximate surface area is 160 Å². The molecule has 8 heteroatoms. The Kier molecular flexibility index (Phi) is 5.24. The largest absolute Gasteiger partial charge is 0.454 e. The molecule has 0 spiro atoms. The van der Waals surface area contributed by atoms with Crippen LogP contribution in [-0.2, 0) is 17.6 Å². The summed E-state index contributed by atoms with van der Waals surface area (Å²) in [5, 5.41) is 5.71. The minimum absolute atomic E-state index is 0.0227. The predicted octanol–water partition coefficient (Wildman–Crippen LogP) is 2.62. The van der Waals surface area contributed by atoms with Gasteiger partial charge in [0.05, 0.1) is 5.69 Å². The summed E-state index contributed by atoms with van der Waals surface area (Å²) in [5.41, 5.74) is 1.99. The summed E-state index contributed by atoms with van der Waals surface area (Å²) in [6.45, 7) is 0.812. The molecule has 1 amide bonds. The van der Waals surface area contributed by atoms with Crippen molar-refractivity contribution in [3.8, 4) is 22.3 Å². The Bertz CT molecular complexity index is 930. The van der Waals surface area contributed by atoms with E-state index in [4.69, 9.17) is 9.47 Å². The van der Waals surface area contributed by atoms with Gasteiger partial charge in [0.25, 0.3) is 0 Å². The van der Waals surface area contributed by atoms with E-state index < -0.39 is 0 Å². The van der Waals surface area contributed by atoms with Crippen molar-refractivity contribution in [3.63, 3.8) is 0 Å². The van der Waals surface area contributed by atoms with Crippen LogP contribution >= 0.6 is 11.3 Å². The highest BCUT2D eigenvalue weighted by atomic mass is 32.1. The van der Waals surface area contributed by atoms with E-state index in [1.165, 1.54) is 11.3 Å². The first-order chi connectivity index (χ1) is 13.3. The van der Waals surface area contributed by atoms with Crippen LogP contribution in [-0.4, -0.2) is 34.2 Å². The number of aryl methyl sites for hydroxylation is 1. The number of fused-ring (bicyclic) bond motifs is 1. The van der Waals surface area contributed by atoms with Crippen molar-refractivity contribution in [2.75, 3.05) is 13.3 Å². The number of hydrogen-bond acceptors (Lipinski definition) is 7. The molecule has 1 N–H and O–H groups in total. The van der Waals surface area contributed by atoms with Crippen LogP contribution in [0.4, 0.5) is 0 Å². The zero-order valence-corrected chi connectivity index (χ0v) is 15.4. The van der Waals surface area contributed by atoms with Gasteiger partial charge in [-0.25, -0.2) is 15.0 Å². The number of amides is 1. The van der Waals surface area contributed by atoms with Gasteiger partial charge in [-0.05, 0) is 30.2 Å². The fourth-order valence-electron chi connectivity index (χ4n) is 2.71. The molecular weight excluding hydrogens is 364 g/mol. The molecule has 1 aliphatic rings. The second kappa shape index (κ2) is 8.13. The molecule has 0 bridgehead atoms. The van der Waals surface area contributed by atoms with Crippen LogP contribution in [0, 0.1) is 0 Å². The minimum Gasteiger partial charge on any atom is -0.454 e. The van der Waals surface area contributed by atoms with Crippen LogP contribution in [0.1, 0.15) is 17.7 Å². The third-order valence-electron chi connectivity index (χ3n) is 4.09. The van der Waals surface area contributed by atoms with Crippen LogP contribution in [0.5, 0.6) is 11.5 Å². The fraction of sp³-hybridized carbons (Fsp3) is 0.263. The molecular formula is C19H18N4O3S. The number of carbonyl (C=O) groups excluding carboxylic acids is 1. The summed E-state index contributed by atoms with van der Waals surface area (Å²) in [4.78, 5) is 25.0. The molecule has 0 saturated carbocycles. The summed E-state index contributed by atoms with van der Waals surface area (Å²) in [6, 6.07) is 7.55. The zero-order valence-electron chi connectivity index (χ0n) is 14.6. The van der Waals surface area contributed by atoms with Gasteiger partial charge >= 0.3 is 0 Å². The normalized spacial score (nSPS) is 12.1. The summed E-state index contributed by atoms with van der Waals surface area (Å²) in [7, 11) is 0. The second-order valence-corrected chi connectivity index (χ2v) is 6.86. The van der Waals surface area contributed by atoms with E-state index in [-0.39, 0.29) is 12.7 Å². The lowest BCUT2D eigenvalue weighted by atomic mass is 10.1. The quantitative estimate of drug-likeness (QED) is 0.676. The van der Waals surface area contributed by atoms with Gasteiger partial charge in [-0.1, -0.05) is 6.07 Å². The topological polar surface area (TPSA) is 86.2 Å². The number of ether oxygens (including phenoxy) is 2. The van der Waals surface area contributed by atoms with Crippen LogP contribution in [0.2, 0.25) is 0 Å². The molecule has 138 valence electrons. The molecule has 4 rings (SSSR count). The van der Waals surface area contributed by atoms with E-state index in [2.05, 4.69) is 20.3 Å². The maximum absolute atomic E-state index is 12.1. The lowest BCUT2D eigenvalue weighted by Crippen LogP contribution is -2.25. The monoisotopic (exact) mass is 382 g/mol. The van der Waals surface area contributed by atoms with Crippen molar-refractivity contribution < 1.29 is 14.3 Å². The first kappa shape index (κ1) is 17.4. The number of carbonyl (C=O) groups is 1. The highest BCUT2D eigenvalue weighted by molar-refractivity contribution is 7.13. The Morgan fingerprint density at radius 1 is 1.15 bits per heavy atom. The number of nitrogens with one attached hydrogen (secondary N) is 1. The third-order valence-corrected chi connectivity index (χ3v) is 4.98. The number of nitrogens with zero attached hydrogens (tertiary/aromatic N) is 3. The number of hydrogen-bond donors (Lipinski definition) is 1. The Balaban J connectivity index is 1.21. The van der Waals surface area contributed by atoms with Gasteiger partial charge in [0.2, 0.25) is 12.7 Å². The van der Waals surface area contributed by atoms with E-state index in [9.17, 15) is 4.79 Å². The molecule has 27 heavy (non-hydrogen) atoms. The zero-order chi connectivity index (χ0) is 18.5. The maximum Gasteiger partial charge on any atom is 0.231 e. The second-order valence-electron chi connectivity index (χ2n) is 6.00. The van der Waals surface area contributed by atoms with E-state index >= 15 is 0 Å². The molecule has 2 aromatic heterocycles. The van der Waals surface area contributed by atoms with E-state index in [1.54, 1.807) is 18.5 Å². The molecule has 1 aliphatic heterocycles. The molecule has 0 aliphatic carbocycles. The van der Waals surface area contributed by atoms with E-state index in [0.717, 1.165) is 27.8 Å². The van der Waals surface area contributed by atoms with Crippen LogP contribution in [0.3, 0.4) is 0 Å². The van der Waals surface area contributed by atoms with Crippen molar-refractivity contribution in [1.29, 1.82) is 0 Å². The Morgan fingerprint density at radius 2 is 2.00 bits per heavy atom. The van der Waals surface area contributed by atoms with Crippen LogP contribution in [0.25, 0.3) is 10.8 Å². The first-order valence-corrected chi connectivity index (χ1v) is 9.53. The lowest BCUT2D eigenvalue weighted by Gasteiger charge is -2.05. The fourth-order valence-corrected chi connectivity index (χ4v) is 3.51. The minimum atomic E-state index is 0.0227. The average Bonchev–Trinajstić information content (AvgIpc) is 3.36. The molecule has 3 aromatic rings. The number of rotatable bonds is 7. The Hall–Kier alpha value is -3.00. The molecule has 0 radical (unpaired) electrons. The molecule has 0 fully saturated rings. The number of thiazole rings is 1. The van der Waals surface area contributed by atoms with Crippen molar-refractivity contribution in [1.82, 2.24) is 20.3 Å². The molecule has 3 heterocycles. The first-order valence-electron chi connectivity index (χ1n) is 8.65. The smallest absolute Gasteiger partial charge is 0.231 e. The van der Waals surface area contributed by atoms with Gasteiger partial charge < -0.3 is 14.8 Å². The van der Waals surface area contributed by atoms with Crippen LogP contribution < -0.4 is 14.8 Å².